The SMILES string of the molecule is CNN(C(=O)OC(C)(C)C)c1ccnc(=O)[nH]1. The summed E-state index contributed by atoms with van der Waals surface area (Å²) in [6.07, 6.45) is 0.699. The van der Waals surface area contributed by atoms with Crippen LogP contribution >= 0.6 is 0 Å². The molecule has 1 amide bonds. The lowest BCUT2D eigenvalue weighted by atomic mass is 10.2. The van der Waals surface area contributed by atoms with Gasteiger partial charge in [-0.2, -0.15) is 5.01 Å². The number of aromatic nitrogens is 2. The minimum atomic E-state index is -0.612. The van der Waals surface area contributed by atoms with E-state index in [0.717, 1.165) is 5.01 Å². The molecule has 1 heterocycles. The van der Waals surface area contributed by atoms with Crippen LogP contribution in [0.2, 0.25) is 0 Å². The van der Waals surface area contributed by atoms with Crippen molar-refractivity contribution in [3.05, 3.63) is 22.7 Å². The Kier molecular flexibility index (Phi) is 3.84. The number of anilines is 1. The van der Waals surface area contributed by atoms with Gasteiger partial charge in [-0.15, -0.1) is 0 Å². The van der Waals surface area contributed by atoms with Gasteiger partial charge in [0.1, 0.15) is 11.4 Å². The number of hydrogen-bond acceptors (Lipinski definition) is 5. The predicted molar refractivity (Wildman–Crippen MR) is 62.6 cm³/mol. The van der Waals surface area contributed by atoms with Crippen molar-refractivity contribution in [2.45, 2.75) is 26.4 Å². The first-order valence-electron chi connectivity index (χ1n) is 5.09. The highest BCUT2D eigenvalue weighted by Gasteiger charge is 2.23. The molecule has 0 saturated heterocycles. The Morgan fingerprint density at radius 2 is 2.18 bits per heavy atom. The number of hydrazine groups is 1. The van der Waals surface area contributed by atoms with E-state index in [2.05, 4.69) is 15.4 Å². The molecule has 94 valence electrons. The van der Waals surface area contributed by atoms with Crippen LogP contribution in [-0.4, -0.2) is 28.7 Å². The maximum Gasteiger partial charge on any atom is 0.430 e. The molecule has 2 N–H and O–H groups in total. The highest BCUT2D eigenvalue weighted by Crippen LogP contribution is 2.12. The molecule has 1 aromatic heterocycles. The Morgan fingerprint density at radius 3 is 2.65 bits per heavy atom. The fraction of sp³-hybridized carbons (Fsp3) is 0.500. The standard InChI is InChI=1S/C10H16N4O3/c1-10(2,3)17-9(16)14(11-4)7-5-6-12-8(15)13-7/h5-6,11H,1-4H3,(H,12,13,15). The van der Waals surface area contributed by atoms with Gasteiger partial charge < -0.3 is 4.74 Å². The smallest absolute Gasteiger partial charge is 0.430 e. The third-order valence-electron chi connectivity index (χ3n) is 1.70. The predicted octanol–water partition coefficient (Wildman–Crippen LogP) is 0.646. The number of nitrogens with zero attached hydrogens (tertiary/aromatic N) is 2. The van der Waals surface area contributed by atoms with Crippen LogP contribution in [0.15, 0.2) is 17.1 Å². The monoisotopic (exact) mass is 240 g/mol. The van der Waals surface area contributed by atoms with E-state index in [1.54, 1.807) is 27.8 Å². The van der Waals surface area contributed by atoms with Crippen molar-refractivity contribution in [3.63, 3.8) is 0 Å². The molecule has 0 bridgehead atoms. The fourth-order valence-electron chi connectivity index (χ4n) is 1.11. The summed E-state index contributed by atoms with van der Waals surface area (Å²) in [5.74, 6) is 0.266. The molecule has 0 spiro atoms. The summed E-state index contributed by atoms with van der Waals surface area (Å²) in [7, 11) is 1.54. The van der Waals surface area contributed by atoms with Gasteiger partial charge in [0.25, 0.3) is 0 Å². The normalized spacial score (nSPS) is 11.1. The zero-order chi connectivity index (χ0) is 13.1. The molecule has 0 saturated carbocycles. The summed E-state index contributed by atoms with van der Waals surface area (Å²) in [4.78, 5) is 28.7. The van der Waals surface area contributed by atoms with Crippen molar-refractivity contribution in [2.75, 3.05) is 12.1 Å². The van der Waals surface area contributed by atoms with Gasteiger partial charge in [-0.05, 0) is 26.8 Å². The van der Waals surface area contributed by atoms with Crippen molar-refractivity contribution < 1.29 is 9.53 Å². The number of carbonyl (C=O) groups excluding carboxylic acids is 1. The van der Waals surface area contributed by atoms with Gasteiger partial charge in [0.15, 0.2) is 0 Å². The third-order valence-corrected chi connectivity index (χ3v) is 1.70. The summed E-state index contributed by atoms with van der Waals surface area (Å²) in [6.45, 7) is 5.27. The van der Waals surface area contributed by atoms with Gasteiger partial charge >= 0.3 is 11.8 Å². The quantitative estimate of drug-likeness (QED) is 0.741. The number of hydrogen-bond donors (Lipinski definition) is 2. The Balaban J connectivity index is 2.92. The first kappa shape index (κ1) is 13.2. The van der Waals surface area contributed by atoms with Crippen LogP contribution in [0.25, 0.3) is 0 Å². The highest BCUT2D eigenvalue weighted by atomic mass is 16.6. The summed E-state index contributed by atoms with van der Waals surface area (Å²) in [5, 5.41) is 1.09. The van der Waals surface area contributed by atoms with E-state index in [1.807, 2.05) is 0 Å². The molecule has 1 aromatic rings. The van der Waals surface area contributed by atoms with Crippen molar-refractivity contribution in [3.8, 4) is 0 Å². The number of H-pyrrole nitrogens is 1. The number of ether oxygens (including phenoxy) is 1. The van der Waals surface area contributed by atoms with E-state index in [4.69, 9.17) is 4.74 Å². The van der Waals surface area contributed by atoms with Crippen LogP contribution in [0.5, 0.6) is 0 Å². The van der Waals surface area contributed by atoms with Gasteiger partial charge in [0, 0.05) is 13.2 Å². The van der Waals surface area contributed by atoms with Crippen LogP contribution in [0.4, 0.5) is 10.6 Å². The molecule has 0 aromatic carbocycles. The summed E-state index contributed by atoms with van der Waals surface area (Å²) >= 11 is 0. The van der Waals surface area contributed by atoms with Crippen molar-refractivity contribution in [2.24, 2.45) is 0 Å². The van der Waals surface area contributed by atoms with Crippen LogP contribution in [0, 0.1) is 0 Å². The molecule has 0 fully saturated rings. The number of amides is 1. The maximum absolute atomic E-state index is 11.8. The molecule has 1 rings (SSSR count). The minimum Gasteiger partial charge on any atom is -0.442 e. The minimum absolute atomic E-state index is 0.266. The second-order valence-electron chi connectivity index (χ2n) is 4.30. The van der Waals surface area contributed by atoms with Crippen LogP contribution in [-0.2, 0) is 4.74 Å². The van der Waals surface area contributed by atoms with Gasteiger partial charge in [-0.1, -0.05) is 0 Å². The maximum atomic E-state index is 11.8. The first-order chi connectivity index (χ1) is 7.83. The van der Waals surface area contributed by atoms with E-state index in [1.165, 1.54) is 12.3 Å². The fourth-order valence-corrected chi connectivity index (χ4v) is 1.11. The average molecular weight is 240 g/mol. The Morgan fingerprint density at radius 1 is 1.53 bits per heavy atom. The first-order valence-corrected chi connectivity index (χ1v) is 5.09. The molecule has 7 heteroatoms. The zero-order valence-corrected chi connectivity index (χ0v) is 10.3. The van der Waals surface area contributed by atoms with Gasteiger partial charge in [-0.25, -0.2) is 20.0 Å². The molecular formula is C10H16N4O3. The van der Waals surface area contributed by atoms with E-state index in [-0.39, 0.29) is 5.82 Å². The molecule has 7 nitrogen and oxygen atoms in total. The lowest BCUT2D eigenvalue weighted by molar-refractivity contribution is 0.0564. The van der Waals surface area contributed by atoms with Crippen molar-refractivity contribution >= 4 is 11.9 Å². The van der Waals surface area contributed by atoms with E-state index < -0.39 is 17.4 Å². The Labute approximate surface area is 98.8 Å². The molecule has 0 aliphatic rings. The number of carbonyl (C=O) groups is 1. The van der Waals surface area contributed by atoms with Crippen LogP contribution in [0.1, 0.15) is 20.8 Å². The summed E-state index contributed by atoms with van der Waals surface area (Å²) in [6, 6.07) is 1.49. The van der Waals surface area contributed by atoms with Crippen molar-refractivity contribution in [1.29, 1.82) is 0 Å². The second kappa shape index (κ2) is 4.96. The molecule has 0 unspecified atom stereocenters. The molecule has 0 atom stereocenters. The molecule has 0 radical (unpaired) electrons. The van der Waals surface area contributed by atoms with Crippen molar-refractivity contribution in [1.82, 2.24) is 15.4 Å². The summed E-state index contributed by atoms with van der Waals surface area (Å²) in [5.41, 5.74) is 1.48. The third kappa shape index (κ3) is 3.87. The lowest BCUT2D eigenvalue weighted by Gasteiger charge is -2.25. The Hall–Kier alpha value is -1.89. The lowest BCUT2D eigenvalue weighted by Crippen LogP contribution is -2.45. The van der Waals surface area contributed by atoms with Crippen LogP contribution < -0.4 is 16.1 Å². The van der Waals surface area contributed by atoms with Gasteiger partial charge in [0.05, 0.1) is 0 Å². The second-order valence-corrected chi connectivity index (χ2v) is 4.30. The molecule has 17 heavy (non-hydrogen) atoms. The molecular weight excluding hydrogens is 224 g/mol. The number of rotatable bonds is 2. The van der Waals surface area contributed by atoms with E-state index in [0.29, 0.717) is 0 Å². The average Bonchev–Trinajstić information content (AvgIpc) is 2.15. The van der Waals surface area contributed by atoms with E-state index >= 15 is 0 Å². The topological polar surface area (TPSA) is 87.3 Å². The van der Waals surface area contributed by atoms with Gasteiger partial charge in [0.2, 0.25) is 0 Å². The number of aromatic amines is 1. The molecule has 0 aliphatic carbocycles. The zero-order valence-electron chi connectivity index (χ0n) is 10.3. The largest absolute Gasteiger partial charge is 0.442 e. The molecule has 0 aliphatic heterocycles. The van der Waals surface area contributed by atoms with Gasteiger partial charge in [-0.3, -0.25) is 4.98 Å². The number of nitrogens with one attached hydrogen (secondary N) is 2. The highest BCUT2D eigenvalue weighted by molar-refractivity contribution is 5.85. The summed E-state index contributed by atoms with van der Waals surface area (Å²) < 4.78 is 5.17. The Bertz CT molecular complexity index is 449. The van der Waals surface area contributed by atoms with E-state index in [9.17, 15) is 9.59 Å². The van der Waals surface area contributed by atoms with Crippen LogP contribution in [0.3, 0.4) is 0 Å².